The van der Waals surface area contributed by atoms with Crippen LogP contribution in [0.3, 0.4) is 0 Å². The van der Waals surface area contributed by atoms with Gasteiger partial charge in [0.25, 0.3) is 5.91 Å². The molecule has 1 aromatic heterocycles. The number of hydrogen-bond donors (Lipinski definition) is 3. The normalized spacial score (nSPS) is 11.4. The Hall–Kier alpha value is -2.51. The highest BCUT2D eigenvalue weighted by molar-refractivity contribution is 6.03. The zero-order chi connectivity index (χ0) is 14.9. The molecule has 106 valence electrons. The van der Waals surface area contributed by atoms with E-state index in [1.165, 1.54) is 12.3 Å². The van der Waals surface area contributed by atoms with Gasteiger partial charge in [0.1, 0.15) is 11.5 Å². The van der Waals surface area contributed by atoms with Gasteiger partial charge in [-0.1, -0.05) is 0 Å². The van der Waals surface area contributed by atoms with Gasteiger partial charge in [-0.25, -0.2) is 4.39 Å². The molecule has 4 nitrogen and oxygen atoms in total. The molecule has 2 rings (SSSR count). The van der Waals surface area contributed by atoms with Crippen LogP contribution in [0.1, 0.15) is 16.1 Å². The second-order valence-corrected chi connectivity index (χ2v) is 3.99. The van der Waals surface area contributed by atoms with Crippen LogP contribution in [0, 0.1) is 5.82 Å². The van der Waals surface area contributed by atoms with Crippen molar-refractivity contribution in [2.45, 2.75) is 6.18 Å². The number of carbonyl (C=O) groups is 1. The fourth-order valence-corrected chi connectivity index (χ4v) is 1.56. The number of nitrogens with one attached hydrogen (secondary N) is 2. The van der Waals surface area contributed by atoms with Crippen LogP contribution in [0.25, 0.3) is 0 Å². The molecule has 0 atom stereocenters. The number of aromatic amines is 1. The number of nitrogens with two attached hydrogens (primary N) is 1. The van der Waals surface area contributed by atoms with Gasteiger partial charge in [0.15, 0.2) is 0 Å². The van der Waals surface area contributed by atoms with Crippen LogP contribution >= 0.6 is 0 Å². The minimum Gasteiger partial charge on any atom is -0.397 e. The zero-order valence-electron chi connectivity index (χ0n) is 9.88. The number of H-pyrrole nitrogens is 1. The maximum atomic E-state index is 13.1. The molecular formula is C12H9F4N3O. The van der Waals surface area contributed by atoms with Crippen LogP contribution in [0.4, 0.5) is 28.9 Å². The number of nitrogen functional groups attached to an aromatic ring is 1. The highest BCUT2D eigenvalue weighted by atomic mass is 19.4. The minimum absolute atomic E-state index is 0.0837. The van der Waals surface area contributed by atoms with Gasteiger partial charge in [0.05, 0.1) is 5.56 Å². The lowest BCUT2D eigenvalue weighted by Gasteiger charge is -2.10. The Kier molecular flexibility index (Phi) is 3.39. The van der Waals surface area contributed by atoms with Crippen molar-refractivity contribution < 1.29 is 22.4 Å². The van der Waals surface area contributed by atoms with Crippen molar-refractivity contribution in [2.75, 3.05) is 11.1 Å². The number of carbonyl (C=O) groups excluding carboxylic acids is 1. The average Bonchev–Trinajstić information content (AvgIpc) is 2.77. The maximum Gasteiger partial charge on any atom is 0.419 e. The lowest BCUT2D eigenvalue weighted by molar-refractivity contribution is -0.139. The summed E-state index contributed by atoms with van der Waals surface area (Å²) in [5.74, 6) is -2.08. The third kappa shape index (κ3) is 2.90. The summed E-state index contributed by atoms with van der Waals surface area (Å²) in [6.45, 7) is 0. The number of benzene rings is 1. The Morgan fingerprint density at radius 3 is 2.50 bits per heavy atom. The number of alkyl halides is 3. The lowest BCUT2D eigenvalue weighted by atomic mass is 10.1. The first-order chi connectivity index (χ1) is 9.27. The lowest BCUT2D eigenvalue weighted by Crippen LogP contribution is -2.14. The number of rotatable bonds is 2. The summed E-state index contributed by atoms with van der Waals surface area (Å²) in [5.41, 5.74) is 4.18. The van der Waals surface area contributed by atoms with Crippen molar-refractivity contribution in [3.05, 3.63) is 47.5 Å². The molecule has 0 bridgehead atoms. The van der Waals surface area contributed by atoms with Gasteiger partial charge >= 0.3 is 6.18 Å². The molecule has 0 aliphatic carbocycles. The molecule has 1 heterocycles. The number of aromatic nitrogens is 1. The number of hydrogen-bond acceptors (Lipinski definition) is 2. The molecule has 8 heteroatoms. The van der Waals surface area contributed by atoms with E-state index in [9.17, 15) is 22.4 Å². The largest absolute Gasteiger partial charge is 0.419 e. The van der Waals surface area contributed by atoms with E-state index in [1.807, 2.05) is 0 Å². The fourth-order valence-electron chi connectivity index (χ4n) is 1.56. The van der Waals surface area contributed by atoms with Crippen molar-refractivity contribution in [3.8, 4) is 0 Å². The third-order valence-electron chi connectivity index (χ3n) is 2.48. The quantitative estimate of drug-likeness (QED) is 0.743. The smallest absolute Gasteiger partial charge is 0.397 e. The van der Waals surface area contributed by atoms with E-state index in [0.717, 1.165) is 6.07 Å². The Balaban J connectivity index is 2.24. The summed E-state index contributed by atoms with van der Waals surface area (Å²) in [6, 6.07) is 3.53. The van der Waals surface area contributed by atoms with Crippen molar-refractivity contribution in [1.29, 1.82) is 0 Å². The van der Waals surface area contributed by atoms with E-state index in [-0.39, 0.29) is 11.4 Å². The van der Waals surface area contributed by atoms with Crippen LogP contribution in [0.2, 0.25) is 0 Å². The summed E-state index contributed by atoms with van der Waals surface area (Å²) in [7, 11) is 0. The van der Waals surface area contributed by atoms with E-state index in [4.69, 9.17) is 5.73 Å². The monoisotopic (exact) mass is 287 g/mol. The van der Waals surface area contributed by atoms with Crippen molar-refractivity contribution >= 4 is 17.3 Å². The Morgan fingerprint density at radius 2 is 1.95 bits per heavy atom. The fraction of sp³-hybridized carbons (Fsp3) is 0.0833. The summed E-state index contributed by atoms with van der Waals surface area (Å²) in [6.07, 6.45) is -3.47. The molecule has 20 heavy (non-hydrogen) atoms. The van der Waals surface area contributed by atoms with Gasteiger partial charge < -0.3 is 16.0 Å². The summed E-state index contributed by atoms with van der Waals surface area (Å²) in [5, 5.41) is 2.22. The van der Waals surface area contributed by atoms with Crippen LogP contribution in [0.15, 0.2) is 30.5 Å². The van der Waals surface area contributed by atoms with Crippen LogP contribution in [0.5, 0.6) is 0 Å². The van der Waals surface area contributed by atoms with E-state index < -0.39 is 23.5 Å². The minimum atomic E-state index is -4.83. The number of halogens is 4. The summed E-state index contributed by atoms with van der Waals surface area (Å²) in [4.78, 5) is 14.2. The second kappa shape index (κ2) is 4.87. The molecule has 0 fully saturated rings. The molecule has 0 aliphatic heterocycles. The molecule has 1 amide bonds. The molecule has 0 saturated carbocycles. The maximum absolute atomic E-state index is 13.1. The Morgan fingerprint density at radius 1 is 1.25 bits per heavy atom. The molecule has 2 aromatic rings. The topological polar surface area (TPSA) is 70.9 Å². The van der Waals surface area contributed by atoms with E-state index >= 15 is 0 Å². The van der Waals surface area contributed by atoms with Crippen LogP contribution in [-0.2, 0) is 6.18 Å². The van der Waals surface area contributed by atoms with Gasteiger partial charge in [-0.2, -0.15) is 13.2 Å². The highest BCUT2D eigenvalue weighted by Gasteiger charge is 2.34. The van der Waals surface area contributed by atoms with Gasteiger partial charge in [-0.05, 0) is 24.3 Å². The molecule has 0 spiro atoms. The average molecular weight is 287 g/mol. The number of anilines is 2. The van der Waals surface area contributed by atoms with Crippen molar-refractivity contribution in [2.24, 2.45) is 0 Å². The highest BCUT2D eigenvalue weighted by Crippen LogP contribution is 2.33. The summed E-state index contributed by atoms with van der Waals surface area (Å²) < 4.78 is 50.6. The molecule has 0 unspecified atom stereocenters. The summed E-state index contributed by atoms with van der Waals surface area (Å²) >= 11 is 0. The van der Waals surface area contributed by atoms with Crippen molar-refractivity contribution in [1.82, 2.24) is 4.98 Å². The van der Waals surface area contributed by atoms with Gasteiger partial charge in [-0.3, -0.25) is 4.79 Å². The zero-order valence-corrected chi connectivity index (χ0v) is 9.88. The van der Waals surface area contributed by atoms with Gasteiger partial charge in [-0.15, -0.1) is 0 Å². The van der Waals surface area contributed by atoms with E-state index in [2.05, 4.69) is 10.3 Å². The van der Waals surface area contributed by atoms with E-state index in [1.54, 1.807) is 0 Å². The predicted molar refractivity (Wildman–Crippen MR) is 64.6 cm³/mol. The third-order valence-corrected chi connectivity index (χ3v) is 2.48. The molecule has 0 radical (unpaired) electrons. The first-order valence-electron chi connectivity index (χ1n) is 5.39. The standard InChI is InChI=1S/C12H9F4N3O/c13-9-2-1-7(4-8(9)12(14,15)16)19-11(20)10-3-6(17)5-18-10/h1-5,18H,17H2,(H,19,20). The predicted octanol–water partition coefficient (Wildman–Crippen LogP) is 3.01. The first kappa shape index (κ1) is 13.9. The Labute approximate surface area is 110 Å². The molecule has 1 aromatic carbocycles. The number of amides is 1. The molecule has 0 aliphatic rings. The molecule has 4 N–H and O–H groups in total. The first-order valence-corrected chi connectivity index (χ1v) is 5.39. The molecule has 0 saturated heterocycles. The SMILES string of the molecule is Nc1c[nH]c(C(=O)Nc2ccc(F)c(C(F)(F)F)c2)c1. The van der Waals surface area contributed by atoms with Gasteiger partial charge in [0, 0.05) is 17.6 Å². The Bertz CT molecular complexity index is 648. The van der Waals surface area contributed by atoms with Crippen molar-refractivity contribution in [3.63, 3.8) is 0 Å². The molecular weight excluding hydrogens is 278 g/mol. The van der Waals surface area contributed by atoms with Crippen LogP contribution < -0.4 is 11.1 Å². The van der Waals surface area contributed by atoms with Crippen LogP contribution in [-0.4, -0.2) is 10.9 Å². The van der Waals surface area contributed by atoms with E-state index in [0.29, 0.717) is 17.8 Å². The second-order valence-electron chi connectivity index (χ2n) is 3.99. The van der Waals surface area contributed by atoms with Gasteiger partial charge in [0.2, 0.25) is 0 Å².